The predicted molar refractivity (Wildman–Crippen MR) is 80.3 cm³/mol. The molecule has 1 fully saturated rings. The van der Waals surface area contributed by atoms with Crippen molar-refractivity contribution >= 4 is 23.2 Å². The maximum absolute atomic E-state index is 12.2. The summed E-state index contributed by atoms with van der Waals surface area (Å²) in [5.74, 6) is -0.708. The van der Waals surface area contributed by atoms with Gasteiger partial charge in [-0.05, 0) is 18.4 Å². The van der Waals surface area contributed by atoms with Gasteiger partial charge >= 0.3 is 6.18 Å². The number of hydrogen-bond acceptors (Lipinski definition) is 4. The number of carbonyl (C=O) groups is 2. The maximum Gasteiger partial charge on any atom is 0.405 e. The van der Waals surface area contributed by atoms with Crippen LogP contribution in [0.1, 0.15) is 17.3 Å². The second kappa shape index (κ2) is 7.31. The molecule has 23 heavy (non-hydrogen) atoms. The van der Waals surface area contributed by atoms with Crippen molar-refractivity contribution in [2.24, 2.45) is 0 Å². The SMILES string of the molecule is CC(C(=O)NCC(F)(F)F)N1CCN(C(=O)c2ccsc2)CC1. The molecule has 1 N–H and O–H groups in total. The minimum absolute atomic E-state index is 0.0555. The van der Waals surface area contributed by atoms with Gasteiger partial charge in [0.1, 0.15) is 6.54 Å². The number of alkyl halides is 3. The molecule has 1 aromatic rings. The van der Waals surface area contributed by atoms with E-state index in [1.165, 1.54) is 11.3 Å². The first-order chi connectivity index (χ1) is 10.8. The average molecular weight is 349 g/mol. The molecule has 1 aromatic heterocycles. The molecule has 0 saturated carbocycles. The van der Waals surface area contributed by atoms with E-state index >= 15 is 0 Å². The number of halogens is 3. The molecule has 1 unspecified atom stereocenters. The van der Waals surface area contributed by atoms with Gasteiger partial charge in [-0.2, -0.15) is 24.5 Å². The van der Waals surface area contributed by atoms with Crippen LogP contribution in [0.3, 0.4) is 0 Å². The van der Waals surface area contributed by atoms with E-state index in [9.17, 15) is 22.8 Å². The fraction of sp³-hybridized carbons (Fsp3) is 0.571. The van der Waals surface area contributed by atoms with Gasteiger partial charge < -0.3 is 10.2 Å². The van der Waals surface area contributed by atoms with E-state index in [1.54, 1.807) is 28.2 Å². The van der Waals surface area contributed by atoms with Crippen LogP contribution in [-0.4, -0.2) is 66.6 Å². The number of amides is 2. The number of thiophene rings is 1. The molecule has 128 valence electrons. The van der Waals surface area contributed by atoms with Gasteiger partial charge in [0.2, 0.25) is 5.91 Å². The van der Waals surface area contributed by atoms with Crippen molar-refractivity contribution in [3.8, 4) is 0 Å². The van der Waals surface area contributed by atoms with Crippen LogP contribution in [-0.2, 0) is 4.79 Å². The molecule has 0 aromatic carbocycles. The van der Waals surface area contributed by atoms with Crippen molar-refractivity contribution in [3.63, 3.8) is 0 Å². The van der Waals surface area contributed by atoms with E-state index in [-0.39, 0.29) is 5.91 Å². The standard InChI is InChI=1S/C14H18F3N3O2S/c1-10(12(21)18-9-14(15,16)17)19-3-5-20(6-4-19)13(22)11-2-7-23-8-11/h2,7-8,10H,3-6,9H2,1H3,(H,18,21). The lowest BCUT2D eigenvalue weighted by Gasteiger charge is -2.37. The van der Waals surface area contributed by atoms with Gasteiger partial charge in [-0.25, -0.2) is 0 Å². The molecule has 9 heteroatoms. The number of hydrogen-bond donors (Lipinski definition) is 1. The number of nitrogens with zero attached hydrogens (tertiary/aromatic N) is 2. The molecule has 0 aliphatic carbocycles. The summed E-state index contributed by atoms with van der Waals surface area (Å²) in [6.07, 6.45) is -4.42. The normalized spacial score (nSPS) is 17.8. The van der Waals surface area contributed by atoms with Crippen molar-refractivity contribution in [2.75, 3.05) is 32.7 Å². The first-order valence-electron chi connectivity index (χ1n) is 7.18. The summed E-state index contributed by atoms with van der Waals surface area (Å²) in [6.45, 7) is 2.05. The zero-order valence-electron chi connectivity index (χ0n) is 12.6. The Morgan fingerprint density at radius 1 is 1.30 bits per heavy atom. The second-order valence-electron chi connectivity index (χ2n) is 5.35. The lowest BCUT2D eigenvalue weighted by molar-refractivity contribution is -0.141. The fourth-order valence-corrected chi connectivity index (χ4v) is 3.01. The van der Waals surface area contributed by atoms with Crippen LogP contribution in [0.4, 0.5) is 13.2 Å². The summed E-state index contributed by atoms with van der Waals surface area (Å²) in [5, 5.41) is 5.50. The van der Waals surface area contributed by atoms with E-state index < -0.39 is 24.7 Å². The molecule has 2 amide bonds. The largest absolute Gasteiger partial charge is 0.405 e. The predicted octanol–water partition coefficient (Wildman–Crippen LogP) is 1.57. The van der Waals surface area contributed by atoms with Crippen molar-refractivity contribution in [3.05, 3.63) is 22.4 Å². The summed E-state index contributed by atoms with van der Waals surface area (Å²) >= 11 is 1.45. The Bertz CT molecular complexity index is 540. The molecular weight excluding hydrogens is 331 g/mol. The van der Waals surface area contributed by atoms with Gasteiger partial charge in [-0.3, -0.25) is 14.5 Å². The molecule has 1 atom stereocenters. The van der Waals surface area contributed by atoms with Crippen molar-refractivity contribution in [2.45, 2.75) is 19.1 Å². The van der Waals surface area contributed by atoms with Gasteiger partial charge in [-0.1, -0.05) is 0 Å². The molecule has 2 heterocycles. The van der Waals surface area contributed by atoms with Crippen LogP contribution in [0.25, 0.3) is 0 Å². The second-order valence-corrected chi connectivity index (χ2v) is 6.13. The van der Waals surface area contributed by atoms with Crippen LogP contribution in [0.2, 0.25) is 0 Å². The minimum Gasteiger partial charge on any atom is -0.346 e. The molecule has 0 bridgehead atoms. The lowest BCUT2D eigenvalue weighted by atomic mass is 10.2. The molecular formula is C14H18F3N3O2S. The van der Waals surface area contributed by atoms with Crippen LogP contribution >= 0.6 is 11.3 Å². The molecule has 5 nitrogen and oxygen atoms in total. The summed E-state index contributed by atoms with van der Waals surface area (Å²) in [6, 6.07) is 1.10. The number of carbonyl (C=O) groups excluding carboxylic acids is 2. The first kappa shape index (κ1) is 17.7. The minimum atomic E-state index is -4.42. The van der Waals surface area contributed by atoms with Crippen molar-refractivity contribution < 1.29 is 22.8 Å². The first-order valence-corrected chi connectivity index (χ1v) is 8.12. The average Bonchev–Trinajstić information content (AvgIpc) is 3.05. The summed E-state index contributed by atoms with van der Waals surface area (Å²) in [5.41, 5.74) is 0.638. The van der Waals surface area contributed by atoms with E-state index in [4.69, 9.17) is 0 Å². The molecule has 1 aliphatic rings. The van der Waals surface area contributed by atoms with Crippen LogP contribution in [0.5, 0.6) is 0 Å². The van der Waals surface area contributed by atoms with Crippen molar-refractivity contribution in [1.29, 1.82) is 0 Å². The van der Waals surface area contributed by atoms with Crippen LogP contribution in [0.15, 0.2) is 16.8 Å². The van der Waals surface area contributed by atoms with E-state index in [1.807, 2.05) is 10.7 Å². The van der Waals surface area contributed by atoms with Gasteiger partial charge in [0.15, 0.2) is 0 Å². The highest BCUT2D eigenvalue weighted by Crippen LogP contribution is 2.14. The molecule has 0 radical (unpaired) electrons. The van der Waals surface area contributed by atoms with Gasteiger partial charge in [0.05, 0.1) is 11.6 Å². The lowest BCUT2D eigenvalue weighted by Crippen LogP contribution is -2.55. The van der Waals surface area contributed by atoms with Crippen molar-refractivity contribution in [1.82, 2.24) is 15.1 Å². The highest BCUT2D eigenvalue weighted by atomic mass is 32.1. The quantitative estimate of drug-likeness (QED) is 0.898. The van der Waals surface area contributed by atoms with E-state index in [0.29, 0.717) is 31.7 Å². The number of rotatable bonds is 4. The van der Waals surface area contributed by atoms with Gasteiger partial charge in [-0.15, -0.1) is 0 Å². The maximum atomic E-state index is 12.2. The third kappa shape index (κ3) is 4.93. The molecule has 1 aliphatic heterocycles. The van der Waals surface area contributed by atoms with Crippen LogP contribution in [0, 0.1) is 0 Å². The summed E-state index contributed by atoms with van der Waals surface area (Å²) < 4.78 is 36.4. The Balaban J connectivity index is 1.81. The fourth-order valence-electron chi connectivity index (χ4n) is 2.38. The Labute approximate surface area is 136 Å². The molecule has 1 saturated heterocycles. The van der Waals surface area contributed by atoms with E-state index in [2.05, 4.69) is 0 Å². The number of piperazine rings is 1. The highest BCUT2D eigenvalue weighted by molar-refractivity contribution is 7.08. The Morgan fingerprint density at radius 2 is 1.96 bits per heavy atom. The highest BCUT2D eigenvalue weighted by Gasteiger charge is 2.31. The third-order valence-corrected chi connectivity index (χ3v) is 4.44. The summed E-state index contributed by atoms with van der Waals surface area (Å²) in [7, 11) is 0. The van der Waals surface area contributed by atoms with E-state index in [0.717, 1.165) is 0 Å². The Morgan fingerprint density at radius 3 is 2.48 bits per heavy atom. The van der Waals surface area contributed by atoms with Gasteiger partial charge in [0, 0.05) is 31.6 Å². The molecule has 0 spiro atoms. The number of nitrogens with one attached hydrogen (secondary N) is 1. The van der Waals surface area contributed by atoms with Gasteiger partial charge in [0.25, 0.3) is 5.91 Å². The summed E-state index contributed by atoms with van der Waals surface area (Å²) in [4.78, 5) is 27.4. The monoisotopic (exact) mass is 349 g/mol. The third-order valence-electron chi connectivity index (χ3n) is 3.76. The Kier molecular flexibility index (Phi) is 5.64. The molecule has 2 rings (SSSR count). The smallest absolute Gasteiger partial charge is 0.346 e. The zero-order valence-corrected chi connectivity index (χ0v) is 13.4. The Hall–Kier alpha value is -1.61. The topological polar surface area (TPSA) is 52.7 Å². The van der Waals surface area contributed by atoms with Crippen LogP contribution < -0.4 is 5.32 Å². The zero-order chi connectivity index (χ0) is 17.0.